The molecule has 2 saturated carbocycles. The van der Waals surface area contributed by atoms with Crippen molar-refractivity contribution in [2.45, 2.75) is 80.8 Å². The highest BCUT2D eigenvalue weighted by Crippen LogP contribution is 2.76. The fourth-order valence-corrected chi connectivity index (χ4v) is 8.54. The Morgan fingerprint density at radius 3 is 2.50 bits per heavy atom. The van der Waals surface area contributed by atoms with Crippen LogP contribution in [0.3, 0.4) is 0 Å². The fraction of sp³-hybridized carbons (Fsp3) is 0.615. The van der Waals surface area contributed by atoms with Crippen LogP contribution in [-0.4, -0.2) is 44.6 Å². The van der Waals surface area contributed by atoms with Gasteiger partial charge in [-0.05, 0) is 30.4 Å². The predicted octanol–water partition coefficient (Wildman–Crippen LogP) is 4.27. The summed E-state index contributed by atoms with van der Waals surface area (Å²) in [4.78, 5) is 9.17. The Morgan fingerprint density at radius 2 is 1.88 bits per heavy atom. The van der Waals surface area contributed by atoms with E-state index in [1.807, 2.05) is 39.0 Å². The third kappa shape index (κ3) is 1.64. The van der Waals surface area contributed by atoms with E-state index in [0.717, 1.165) is 5.56 Å². The molecule has 2 unspecified atom stereocenters. The maximum absolute atomic E-state index is 13.1. The van der Waals surface area contributed by atoms with Crippen molar-refractivity contribution >= 4 is 23.0 Å². The second-order valence-electron chi connectivity index (χ2n) is 11.7. The molecule has 2 heterocycles. The van der Waals surface area contributed by atoms with Crippen molar-refractivity contribution in [1.29, 1.82) is 0 Å². The number of halogens is 1. The van der Waals surface area contributed by atoms with Gasteiger partial charge in [0.05, 0.1) is 22.2 Å². The summed E-state index contributed by atoms with van der Waals surface area (Å²) in [6, 6.07) is 5.87. The zero-order valence-electron chi connectivity index (χ0n) is 19.1. The molecule has 5 aliphatic rings. The van der Waals surface area contributed by atoms with Crippen LogP contribution in [0.1, 0.15) is 52.2 Å². The van der Waals surface area contributed by atoms with Crippen molar-refractivity contribution in [3.8, 4) is 0 Å². The Kier molecular flexibility index (Phi) is 3.48. The molecule has 168 valence electrons. The first-order valence-electron chi connectivity index (χ1n) is 11.3. The quantitative estimate of drug-likeness (QED) is 0.289. The number of alkyl halides is 1. The highest BCUT2D eigenvalue weighted by atomic mass is 35.5. The van der Waals surface area contributed by atoms with Crippen LogP contribution in [0.4, 0.5) is 5.69 Å². The van der Waals surface area contributed by atoms with Gasteiger partial charge in [-0.1, -0.05) is 45.9 Å². The average Bonchev–Trinajstić information content (AvgIpc) is 3.49. The van der Waals surface area contributed by atoms with E-state index in [-0.39, 0.29) is 6.10 Å². The van der Waals surface area contributed by atoms with Crippen LogP contribution in [0.25, 0.3) is 4.85 Å². The van der Waals surface area contributed by atoms with Crippen LogP contribution >= 0.6 is 11.6 Å². The minimum Gasteiger partial charge on any atom is -0.378 e. The van der Waals surface area contributed by atoms with Gasteiger partial charge in [0.25, 0.3) is 0 Å². The minimum atomic E-state index is -1.87. The monoisotopic (exact) mass is 452 g/mol. The van der Waals surface area contributed by atoms with Gasteiger partial charge in [0, 0.05) is 16.9 Å². The van der Waals surface area contributed by atoms with E-state index in [4.69, 9.17) is 27.9 Å². The number of rotatable bonds is 1. The molecule has 1 aromatic rings. The molecule has 0 spiro atoms. The summed E-state index contributed by atoms with van der Waals surface area (Å²) in [5.41, 5.74) is -4.68. The number of benzene rings is 1. The van der Waals surface area contributed by atoms with Gasteiger partial charge < -0.3 is 19.8 Å². The molecule has 3 fully saturated rings. The number of epoxide rings is 1. The zero-order chi connectivity index (χ0) is 23.3. The summed E-state index contributed by atoms with van der Waals surface area (Å²) < 4.78 is 6.26. The van der Waals surface area contributed by atoms with E-state index in [2.05, 4.69) is 25.3 Å². The summed E-state index contributed by atoms with van der Waals surface area (Å²) in [5, 5.41) is 25.5. The average molecular weight is 453 g/mol. The number of aliphatic imine (C=N–C) groups is 1. The van der Waals surface area contributed by atoms with Gasteiger partial charge in [0.2, 0.25) is 0 Å². The van der Waals surface area contributed by atoms with Crippen LogP contribution in [0.15, 0.2) is 35.8 Å². The number of hydrogen-bond donors (Lipinski definition) is 2. The highest BCUT2D eigenvalue weighted by Gasteiger charge is 2.93. The van der Waals surface area contributed by atoms with Gasteiger partial charge in [-0.15, -0.1) is 18.2 Å². The molecule has 0 bridgehead atoms. The molecule has 0 aromatic heterocycles. The lowest BCUT2D eigenvalue weighted by Crippen LogP contribution is -2.83. The topological polar surface area (TPSA) is 69.7 Å². The number of ether oxygens (including phenoxy) is 1. The van der Waals surface area contributed by atoms with Crippen LogP contribution in [0.2, 0.25) is 0 Å². The second-order valence-corrected chi connectivity index (χ2v) is 12.2. The van der Waals surface area contributed by atoms with E-state index in [1.54, 1.807) is 6.08 Å². The van der Waals surface area contributed by atoms with Crippen LogP contribution < -0.4 is 0 Å². The molecule has 3 aliphatic carbocycles. The standard InChI is InChI=1S/C26H29ClN2O3/c1-8-23(6)16(27)12-15-21(2,3)13-10-9-11-14-17(13)24(30)20(29-14)22(4,5)18-19(32-18)25(23,28-7)26(15,24)31/h8-11,15-16,18-19,30-31H,1,12H2,2-6H3/t15-,16-,18?,19?,23+,24-,25+,26-/m1/s1. The Labute approximate surface area is 194 Å². The molecule has 2 N–H and O–H groups in total. The lowest BCUT2D eigenvalue weighted by molar-refractivity contribution is -0.243. The summed E-state index contributed by atoms with van der Waals surface area (Å²) in [7, 11) is 0. The zero-order valence-corrected chi connectivity index (χ0v) is 19.9. The van der Waals surface area contributed by atoms with Crippen molar-refractivity contribution in [1.82, 2.24) is 0 Å². The summed E-state index contributed by atoms with van der Waals surface area (Å²) in [5.74, 6) is -0.491. The number of hydrogen-bond acceptors (Lipinski definition) is 4. The molecule has 6 rings (SSSR count). The predicted molar refractivity (Wildman–Crippen MR) is 123 cm³/mol. The van der Waals surface area contributed by atoms with E-state index in [9.17, 15) is 10.2 Å². The lowest BCUT2D eigenvalue weighted by Gasteiger charge is -2.65. The van der Waals surface area contributed by atoms with Gasteiger partial charge in [0.15, 0.2) is 17.3 Å². The van der Waals surface area contributed by atoms with Gasteiger partial charge in [0.1, 0.15) is 6.10 Å². The molecule has 1 saturated heterocycles. The Hall–Kier alpha value is -1.71. The third-order valence-corrected chi connectivity index (χ3v) is 10.6. The van der Waals surface area contributed by atoms with Crippen LogP contribution in [0.5, 0.6) is 0 Å². The maximum Gasteiger partial charge on any atom is 0.302 e. The molecule has 32 heavy (non-hydrogen) atoms. The van der Waals surface area contributed by atoms with Crippen molar-refractivity contribution in [2.75, 3.05) is 0 Å². The Bertz CT molecular complexity index is 1180. The van der Waals surface area contributed by atoms with Crippen molar-refractivity contribution in [3.05, 3.63) is 53.4 Å². The third-order valence-electron chi connectivity index (χ3n) is 9.92. The van der Waals surface area contributed by atoms with Gasteiger partial charge in [-0.3, -0.25) is 4.99 Å². The first-order valence-corrected chi connectivity index (χ1v) is 11.8. The molecule has 0 radical (unpaired) electrons. The van der Waals surface area contributed by atoms with Gasteiger partial charge in [-0.2, -0.15) is 0 Å². The van der Waals surface area contributed by atoms with Crippen LogP contribution in [-0.2, 0) is 15.8 Å². The minimum absolute atomic E-state index is 0.364. The normalized spacial score (nSPS) is 50.3. The number of nitrogens with zero attached hydrogens (tertiary/aromatic N) is 2. The molecular formula is C26H29ClN2O3. The van der Waals surface area contributed by atoms with E-state index in [0.29, 0.717) is 23.4 Å². The van der Waals surface area contributed by atoms with Crippen LogP contribution in [0, 0.1) is 23.3 Å². The Balaban J connectivity index is 1.85. The first-order chi connectivity index (χ1) is 14.8. The van der Waals surface area contributed by atoms with E-state index < -0.39 is 50.4 Å². The van der Waals surface area contributed by atoms with Gasteiger partial charge in [-0.25, -0.2) is 6.57 Å². The number of aliphatic hydroxyl groups is 2. The lowest BCUT2D eigenvalue weighted by atomic mass is 9.39. The maximum atomic E-state index is 13.1. The molecule has 6 heteroatoms. The molecule has 2 aliphatic heterocycles. The van der Waals surface area contributed by atoms with Crippen molar-refractivity contribution in [2.24, 2.45) is 21.7 Å². The fourth-order valence-electron chi connectivity index (χ4n) is 8.11. The molecule has 8 atom stereocenters. The Morgan fingerprint density at radius 1 is 1.19 bits per heavy atom. The molecule has 5 nitrogen and oxygen atoms in total. The summed E-state index contributed by atoms with van der Waals surface area (Å²) >= 11 is 7.08. The summed E-state index contributed by atoms with van der Waals surface area (Å²) in [6.45, 7) is 22.7. The van der Waals surface area contributed by atoms with Gasteiger partial charge >= 0.3 is 5.54 Å². The molecule has 0 amide bonds. The largest absolute Gasteiger partial charge is 0.378 e. The SMILES string of the molecule is [C-]#[N+][C@]12C3OC3C(C)(C)C3=Nc4cccc5c4[C@]3(O)[C@]1(O)[C@H](C[C@@H](Cl)[C@]2(C)C=C)C5(C)C. The van der Waals surface area contributed by atoms with Crippen molar-refractivity contribution in [3.63, 3.8) is 0 Å². The summed E-state index contributed by atoms with van der Waals surface area (Å²) in [6.07, 6.45) is 1.19. The smallest absolute Gasteiger partial charge is 0.302 e. The number of fused-ring (bicyclic) bond motifs is 2. The second kappa shape index (κ2) is 5.33. The van der Waals surface area contributed by atoms with Crippen molar-refractivity contribution < 1.29 is 14.9 Å². The molecular weight excluding hydrogens is 424 g/mol. The van der Waals surface area contributed by atoms with E-state index >= 15 is 0 Å². The first kappa shape index (κ1) is 20.9. The van der Waals surface area contributed by atoms with E-state index in [1.165, 1.54) is 0 Å². The molecule has 1 aromatic carbocycles. The highest BCUT2D eigenvalue weighted by molar-refractivity contribution is 6.21.